The lowest BCUT2D eigenvalue weighted by Gasteiger charge is -2.29. The zero-order chi connectivity index (χ0) is 10.1. The number of aromatic hydroxyl groups is 1. The van der Waals surface area contributed by atoms with Crippen molar-refractivity contribution >= 4 is 11.8 Å². The molecule has 2 atom stereocenters. The minimum atomic E-state index is -0.525. The van der Waals surface area contributed by atoms with Gasteiger partial charge in [-0.05, 0) is 18.7 Å². The second-order valence-corrected chi connectivity index (χ2v) is 4.38. The third kappa shape index (κ3) is 1.49. The summed E-state index contributed by atoms with van der Waals surface area (Å²) in [6.07, 6.45) is -0.525. The zero-order valence-electron chi connectivity index (χ0n) is 7.90. The number of nitrogens with one attached hydrogen (secondary N) is 1. The maximum Gasteiger partial charge on any atom is 0.129 e. The summed E-state index contributed by atoms with van der Waals surface area (Å²) in [5.41, 5.74) is 0.820. The Labute approximate surface area is 87.1 Å². The van der Waals surface area contributed by atoms with Gasteiger partial charge >= 0.3 is 0 Å². The van der Waals surface area contributed by atoms with Crippen molar-refractivity contribution in [2.24, 2.45) is 0 Å². The Hall–Kier alpha value is -0.710. The lowest BCUT2D eigenvalue weighted by atomic mass is 10.0. The van der Waals surface area contributed by atoms with Crippen LogP contribution in [0.3, 0.4) is 0 Å². The molecule has 76 valence electrons. The van der Waals surface area contributed by atoms with Crippen LogP contribution >= 0.6 is 11.8 Å². The molecule has 2 rings (SSSR count). The van der Waals surface area contributed by atoms with Crippen molar-refractivity contribution < 1.29 is 10.2 Å². The van der Waals surface area contributed by atoms with Gasteiger partial charge in [-0.15, -0.1) is 11.8 Å². The monoisotopic (exact) mass is 211 g/mol. The summed E-state index contributed by atoms with van der Waals surface area (Å²) >= 11 is 1.58. The first-order chi connectivity index (χ1) is 6.74. The molecule has 1 aromatic carbocycles. The van der Waals surface area contributed by atoms with Crippen LogP contribution in [0.25, 0.3) is 0 Å². The molecule has 0 aromatic heterocycles. The highest BCUT2D eigenvalue weighted by atomic mass is 32.2. The summed E-state index contributed by atoms with van der Waals surface area (Å²) in [7, 11) is 1.84. The minimum absolute atomic E-state index is 0.0642. The van der Waals surface area contributed by atoms with Crippen LogP contribution in [0, 0.1) is 0 Å². The van der Waals surface area contributed by atoms with Crippen LogP contribution in [0.15, 0.2) is 23.1 Å². The van der Waals surface area contributed by atoms with Gasteiger partial charge in [-0.3, -0.25) is 0 Å². The van der Waals surface area contributed by atoms with Crippen LogP contribution in [-0.4, -0.2) is 29.1 Å². The van der Waals surface area contributed by atoms with Gasteiger partial charge in [-0.25, -0.2) is 0 Å². The highest BCUT2D eigenvalue weighted by Crippen LogP contribution is 2.41. The number of likely N-dealkylation sites (N-methyl/N-ethyl adjacent to an activating group) is 1. The number of hydrogen-bond acceptors (Lipinski definition) is 4. The van der Waals surface area contributed by atoms with Crippen molar-refractivity contribution in [1.29, 1.82) is 0 Å². The van der Waals surface area contributed by atoms with Gasteiger partial charge in [-0.2, -0.15) is 0 Å². The van der Waals surface area contributed by atoms with Gasteiger partial charge in [0.25, 0.3) is 0 Å². The van der Waals surface area contributed by atoms with Crippen LogP contribution in [0.5, 0.6) is 5.75 Å². The van der Waals surface area contributed by atoms with E-state index in [1.54, 1.807) is 23.9 Å². The molecule has 0 aliphatic carbocycles. The standard InChI is InChI=1S/C10H13NO2S/c1-11-7-5-14-10-6(9(7)13)3-2-4-8(10)12/h2-4,7,9,11-13H,5H2,1H3. The van der Waals surface area contributed by atoms with Crippen LogP contribution in [-0.2, 0) is 0 Å². The summed E-state index contributed by atoms with van der Waals surface area (Å²) in [6, 6.07) is 5.33. The second-order valence-electron chi connectivity index (χ2n) is 3.35. The van der Waals surface area contributed by atoms with Gasteiger partial charge in [0.15, 0.2) is 0 Å². The molecule has 0 saturated heterocycles. The fraction of sp³-hybridized carbons (Fsp3) is 0.400. The fourth-order valence-electron chi connectivity index (χ4n) is 1.65. The average molecular weight is 211 g/mol. The predicted molar refractivity (Wildman–Crippen MR) is 56.6 cm³/mol. The van der Waals surface area contributed by atoms with Gasteiger partial charge in [0, 0.05) is 11.8 Å². The minimum Gasteiger partial charge on any atom is -0.507 e. The topological polar surface area (TPSA) is 52.5 Å². The van der Waals surface area contributed by atoms with E-state index in [-0.39, 0.29) is 11.8 Å². The second kappa shape index (κ2) is 3.81. The van der Waals surface area contributed by atoms with Gasteiger partial charge < -0.3 is 15.5 Å². The summed E-state index contributed by atoms with van der Waals surface area (Å²) in [5, 5.41) is 22.6. The highest BCUT2D eigenvalue weighted by molar-refractivity contribution is 7.99. The number of rotatable bonds is 1. The number of phenols is 1. The van der Waals surface area contributed by atoms with Crippen molar-refractivity contribution in [3.8, 4) is 5.75 Å². The Morgan fingerprint density at radius 3 is 3.00 bits per heavy atom. The van der Waals surface area contributed by atoms with Crippen LogP contribution in [0.1, 0.15) is 11.7 Å². The molecule has 1 heterocycles. The first-order valence-electron chi connectivity index (χ1n) is 4.54. The number of hydrogen-bond donors (Lipinski definition) is 3. The lowest BCUT2D eigenvalue weighted by molar-refractivity contribution is 0.136. The van der Waals surface area contributed by atoms with Crippen molar-refractivity contribution in [1.82, 2.24) is 5.32 Å². The van der Waals surface area contributed by atoms with E-state index < -0.39 is 6.10 Å². The highest BCUT2D eigenvalue weighted by Gasteiger charge is 2.28. The number of benzene rings is 1. The molecule has 0 amide bonds. The Bertz CT molecular complexity index is 343. The molecule has 3 N–H and O–H groups in total. The normalized spacial score (nSPS) is 25.9. The maximum absolute atomic E-state index is 9.96. The van der Waals surface area contributed by atoms with E-state index in [9.17, 15) is 10.2 Å². The largest absolute Gasteiger partial charge is 0.507 e. The molecular weight excluding hydrogens is 198 g/mol. The van der Waals surface area contributed by atoms with Gasteiger partial charge in [-0.1, -0.05) is 12.1 Å². The van der Waals surface area contributed by atoms with Crippen molar-refractivity contribution in [3.05, 3.63) is 23.8 Å². The first-order valence-corrected chi connectivity index (χ1v) is 5.52. The van der Waals surface area contributed by atoms with Crippen molar-refractivity contribution in [2.75, 3.05) is 12.8 Å². The van der Waals surface area contributed by atoms with Crippen LogP contribution < -0.4 is 5.32 Å². The molecular formula is C10H13NO2S. The summed E-state index contributed by atoms with van der Waals surface area (Å²) in [5.74, 6) is 1.04. The third-order valence-corrected chi connectivity index (χ3v) is 3.76. The van der Waals surface area contributed by atoms with E-state index >= 15 is 0 Å². The van der Waals surface area contributed by atoms with E-state index in [4.69, 9.17) is 0 Å². The molecule has 2 unspecified atom stereocenters. The molecule has 0 radical (unpaired) electrons. The Morgan fingerprint density at radius 1 is 1.50 bits per heavy atom. The molecule has 1 aliphatic rings. The molecule has 1 aliphatic heterocycles. The van der Waals surface area contributed by atoms with E-state index in [0.717, 1.165) is 16.2 Å². The average Bonchev–Trinajstić information content (AvgIpc) is 2.20. The smallest absolute Gasteiger partial charge is 0.129 e. The molecule has 0 saturated carbocycles. The predicted octanol–water partition coefficient (Wildman–Crippen LogP) is 1.12. The molecule has 3 nitrogen and oxygen atoms in total. The summed E-state index contributed by atoms with van der Waals surface area (Å²) in [4.78, 5) is 0.812. The molecule has 0 spiro atoms. The van der Waals surface area contributed by atoms with Crippen molar-refractivity contribution in [2.45, 2.75) is 17.0 Å². The molecule has 4 heteroatoms. The Kier molecular flexibility index (Phi) is 2.67. The number of phenolic OH excluding ortho intramolecular Hbond substituents is 1. The number of aliphatic hydroxyl groups excluding tert-OH is 1. The molecule has 14 heavy (non-hydrogen) atoms. The SMILES string of the molecule is CNC1CSc2c(O)cccc2C1O. The van der Waals surface area contributed by atoms with E-state index in [2.05, 4.69) is 5.32 Å². The fourth-order valence-corrected chi connectivity index (χ4v) is 2.92. The van der Waals surface area contributed by atoms with Gasteiger partial charge in [0.05, 0.1) is 11.0 Å². The van der Waals surface area contributed by atoms with Gasteiger partial charge in [0.1, 0.15) is 5.75 Å². The number of fused-ring (bicyclic) bond motifs is 1. The number of aliphatic hydroxyl groups is 1. The Balaban J connectivity index is 2.41. The third-order valence-electron chi connectivity index (χ3n) is 2.50. The summed E-state index contributed by atoms with van der Waals surface area (Å²) in [6.45, 7) is 0. The summed E-state index contributed by atoms with van der Waals surface area (Å²) < 4.78 is 0. The van der Waals surface area contributed by atoms with Crippen molar-refractivity contribution in [3.63, 3.8) is 0 Å². The van der Waals surface area contributed by atoms with E-state index in [1.165, 1.54) is 0 Å². The van der Waals surface area contributed by atoms with E-state index in [0.29, 0.717) is 0 Å². The molecule has 0 bridgehead atoms. The lowest BCUT2D eigenvalue weighted by Crippen LogP contribution is -2.36. The first kappa shape index (κ1) is 9.83. The number of thioether (sulfide) groups is 1. The van der Waals surface area contributed by atoms with Crippen LogP contribution in [0.4, 0.5) is 0 Å². The quantitative estimate of drug-likeness (QED) is 0.651. The van der Waals surface area contributed by atoms with E-state index in [1.807, 2.05) is 13.1 Å². The molecule has 0 fully saturated rings. The van der Waals surface area contributed by atoms with Crippen LogP contribution in [0.2, 0.25) is 0 Å². The zero-order valence-corrected chi connectivity index (χ0v) is 8.71. The molecule has 1 aromatic rings. The van der Waals surface area contributed by atoms with Gasteiger partial charge in [0.2, 0.25) is 0 Å². The maximum atomic E-state index is 9.96. The Morgan fingerprint density at radius 2 is 2.29 bits per heavy atom.